The van der Waals surface area contributed by atoms with E-state index in [1.807, 2.05) is 24.3 Å². The quantitative estimate of drug-likeness (QED) is 0.555. The summed E-state index contributed by atoms with van der Waals surface area (Å²) in [5, 5.41) is 4.05. The van der Waals surface area contributed by atoms with Gasteiger partial charge in [0.1, 0.15) is 5.00 Å². The fourth-order valence-corrected chi connectivity index (χ4v) is 4.86. The molecule has 2 heterocycles. The second kappa shape index (κ2) is 7.47. The molecule has 1 aromatic carbocycles. The van der Waals surface area contributed by atoms with Gasteiger partial charge in [0.05, 0.1) is 12.0 Å². The van der Waals surface area contributed by atoms with Crippen LogP contribution in [0.25, 0.3) is 10.9 Å². The van der Waals surface area contributed by atoms with Crippen molar-refractivity contribution in [1.29, 1.82) is 0 Å². The molecule has 0 atom stereocenters. The Hall–Kier alpha value is -3.13. The number of nitrogens with one attached hydrogen (secondary N) is 2. The van der Waals surface area contributed by atoms with Gasteiger partial charge in [-0.3, -0.25) is 14.4 Å². The molecule has 2 aromatic heterocycles. The summed E-state index contributed by atoms with van der Waals surface area (Å²) in [6, 6.07) is 7.65. The molecule has 28 heavy (non-hydrogen) atoms. The van der Waals surface area contributed by atoms with Gasteiger partial charge in [-0.1, -0.05) is 18.2 Å². The predicted molar refractivity (Wildman–Crippen MR) is 106 cm³/mol. The number of anilines is 1. The van der Waals surface area contributed by atoms with Crippen LogP contribution in [0.4, 0.5) is 5.00 Å². The summed E-state index contributed by atoms with van der Waals surface area (Å²) in [6.07, 6.45) is 4.49. The number of benzene rings is 1. The number of ether oxygens (including phenoxy) is 1. The number of esters is 1. The van der Waals surface area contributed by atoms with Crippen molar-refractivity contribution in [2.45, 2.75) is 25.7 Å². The number of rotatable bonds is 6. The van der Waals surface area contributed by atoms with E-state index in [1.165, 1.54) is 11.3 Å². The van der Waals surface area contributed by atoms with E-state index in [4.69, 9.17) is 10.5 Å². The highest BCUT2D eigenvalue weighted by atomic mass is 32.1. The van der Waals surface area contributed by atoms with Crippen LogP contribution in [0.15, 0.2) is 30.5 Å². The first kappa shape index (κ1) is 18.2. The first-order valence-corrected chi connectivity index (χ1v) is 9.79. The van der Waals surface area contributed by atoms with E-state index in [2.05, 4.69) is 10.3 Å². The van der Waals surface area contributed by atoms with Crippen LogP contribution in [0.2, 0.25) is 0 Å². The maximum atomic E-state index is 12.2. The van der Waals surface area contributed by atoms with Gasteiger partial charge >= 0.3 is 5.97 Å². The molecule has 3 aromatic rings. The molecule has 4 N–H and O–H groups in total. The van der Waals surface area contributed by atoms with Crippen molar-refractivity contribution >= 4 is 45.0 Å². The van der Waals surface area contributed by atoms with E-state index in [0.29, 0.717) is 10.6 Å². The molecule has 1 aliphatic rings. The van der Waals surface area contributed by atoms with Gasteiger partial charge in [0.25, 0.3) is 11.8 Å². The van der Waals surface area contributed by atoms with Crippen molar-refractivity contribution in [3.63, 3.8) is 0 Å². The van der Waals surface area contributed by atoms with Gasteiger partial charge in [-0.15, -0.1) is 11.3 Å². The summed E-state index contributed by atoms with van der Waals surface area (Å²) in [4.78, 5) is 40.3. The highest BCUT2D eigenvalue weighted by Gasteiger charge is 2.26. The summed E-state index contributed by atoms with van der Waals surface area (Å²) in [6.45, 7) is -0.415. The highest BCUT2D eigenvalue weighted by molar-refractivity contribution is 7.17. The summed E-state index contributed by atoms with van der Waals surface area (Å²) in [5.41, 5.74) is 8.55. The Morgan fingerprint density at radius 1 is 1.21 bits per heavy atom. The standard InChI is InChI=1S/C20H19N3O4S/c21-19(26)18-13-5-3-7-15(13)28-20(18)23-16(24)10-27-17(25)8-11-9-22-14-6-2-1-4-12(11)14/h1-2,4,6,9,22H,3,5,7-8,10H2,(H2,21,26)(H,23,24). The predicted octanol–water partition coefficient (Wildman–Crippen LogP) is 2.54. The number of primary amides is 1. The fourth-order valence-electron chi connectivity index (χ4n) is 3.55. The molecule has 0 aliphatic heterocycles. The maximum absolute atomic E-state index is 12.2. The summed E-state index contributed by atoms with van der Waals surface area (Å²) >= 11 is 1.37. The van der Waals surface area contributed by atoms with Gasteiger partial charge in [0, 0.05) is 22.0 Å². The van der Waals surface area contributed by atoms with Crippen LogP contribution >= 0.6 is 11.3 Å². The number of para-hydroxylation sites is 1. The van der Waals surface area contributed by atoms with Gasteiger partial charge in [-0.25, -0.2) is 0 Å². The fraction of sp³-hybridized carbons (Fsp3) is 0.250. The van der Waals surface area contributed by atoms with Crippen molar-refractivity contribution in [3.8, 4) is 0 Å². The Morgan fingerprint density at radius 3 is 2.86 bits per heavy atom. The molecule has 1 aliphatic carbocycles. The number of fused-ring (bicyclic) bond motifs is 2. The van der Waals surface area contributed by atoms with E-state index in [1.54, 1.807) is 6.20 Å². The lowest BCUT2D eigenvalue weighted by Gasteiger charge is -2.07. The minimum atomic E-state index is -0.550. The first-order valence-electron chi connectivity index (χ1n) is 8.97. The minimum absolute atomic E-state index is 0.0666. The molecule has 0 fully saturated rings. The highest BCUT2D eigenvalue weighted by Crippen LogP contribution is 2.38. The summed E-state index contributed by atoms with van der Waals surface area (Å²) in [5.74, 6) is -1.54. The van der Waals surface area contributed by atoms with Crippen LogP contribution in [0.3, 0.4) is 0 Å². The van der Waals surface area contributed by atoms with E-state index in [0.717, 1.165) is 46.2 Å². The van der Waals surface area contributed by atoms with Crippen LogP contribution in [0.1, 0.15) is 32.8 Å². The third-order valence-electron chi connectivity index (χ3n) is 4.79. The van der Waals surface area contributed by atoms with Crippen molar-refractivity contribution < 1.29 is 19.1 Å². The third-order valence-corrected chi connectivity index (χ3v) is 6.00. The van der Waals surface area contributed by atoms with Crippen LogP contribution < -0.4 is 11.1 Å². The second-order valence-electron chi connectivity index (χ2n) is 6.67. The number of hydrogen-bond acceptors (Lipinski definition) is 5. The topological polar surface area (TPSA) is 114 Å². The first-order chi connectivity index (χ1) is 13.5. The average Bonchev–Trinajstić information content (AvgIpc) is 3.34. The SMILES string of the molecule is NC(=O)c1c(NC(=O)COC(=O)Cc2c[nH]c3ccccc23)sc2c1CCC2. The minimum Gasteiger partial charge on any atom is -0.455 e. The zero-order chi connectivity index (χ0) is 19.7. The molecule has 0 spiro atoms. The Kier molecular flexibility index (Phi) is 4.87. The molecule has 144 valence electrons. The monoisotopic (exact) mass is 397 g/mol. The van der Waals surface area contributed by atoms with E-state index in [-0.39, 0.29) is 6.42 Å². The van der Waals surface area contributed by atoms with Crippen molar-refractivity contribution in [3.05, 3.63) is 52.0 Å². The van der Waals surface area contributed by atoms with Gasteiger partial charge in [-0.2, -0.15) is 0 Å². The van der Waals surface area contributed by atoms with Crippen LogP contribution in [0, 0.1) is 0 Å². The number of aromatic amines is 1. The lowest BCUT2D eigenvalue weighted by Crippen LogP contribution is -2.23. The number of hydrogen-bond donors (Lipinski definition) is 3. The summed E-state index contributed by atoms with van der Waals surface area (Å²) < 4.78 is 5.10. The molecule has 0 radical (unpaired) electrons. The molecular formula is C20H19N3O4S. The third kappa shape index (κ3) is 3.50. The Morgan fingerprint density at radius 2 is 2.04 bits per heavy atom. The Bertz CT molecular complexity index is 1080. The zero-order valence-corrected chi connectivity index (χ0v) is 15.9. The summed E-state index contributed by atoms with van der Waals surface area (Å²) in [7, 11) is 0. The number of carbonyl (C=O) groups is 3. The average molecular weight is 397 g/mol. The normalized spacial score (nSPS) is 12.7. The van der Waals surface area contributed by atoms with Crippen molar-refractivity contribution in [2.75, 3.05) is 11.9 Å². The van der Waals surface area contributed by atoms with Crippen LogP contribution in [-0.4, -0.2) is 29.4 Å². The molecule has 7 nitrogen and oxygen atoms in total. The Balaban J connectivity index is 1.36. The molecule has 2 amide bonds. The number of amides is 2. The second-order valence-corrected chi connectivity index (χ2v) is 7.78. The maximum Gasteiger partial charge on any atom is 0.310 e. The Labute approximate surface area is 164 Å². The smallest absolute Gasteiger partial charge is 0.310 e. The van der Waals surface area contributed by atoms with Crippen LogP contribution in [-0.2, 0) is 33.6 Å². The van der Waals surface area contributed by atoms with Gasteiger partial charge < -0.3 is 20.8 Å². The molecule has 0 bridgehead atoms. The lowest BCUT2D eigenvalue weighted by molar-refractivity contribution is -0.146. The van der Waals surface area contributed by atoms with E-state index < -0.39 is 24.4 Å². The number of carbonyl (C=O) groups excluding carboxylic acids is 3. The van der Waals surface area contributed by atoms with E-state index in [9.17, 15) is 14.4 Å². The van der Waals surface area contributed by atoms with E-state index >= 15 is 0 Å². The lowest BCUT2D eigenvalue weighted by atomic mass is 10.1. The number of nitrogens with two attached hydrogens (primary N) is 1. The number of H-pyrrole nitrogens is 1. The molecule has 8 heteroatoms. The largest absolute Gasteiger partial charge is 0.455 e. The zero-order valence-electron chi connectivity index (χ0n) is 15.0. The number of aromatic nitrogens is 1. The molecule has 4 rings (SSSR count). The van der Waals surface area contributed by atoms with Gasteiger partial charge in [0.2, 0.25) is 0 Å². The number of thiophene rings is 1. The van der Waals surface area contributed by atoms with Crippen LogP contribution in [0.5, 0.6) is 0 Å². The molecule has 0 saturated carbocycles. The van der Waals surface area contributed by atoms with Crippen molar-refractivity contribution in [2.24, 2.45) is 5.73 Å². The number of aryl methyl sites for hydroxylation is 1. The molecular weight excluding hydrogens is 378 g/mol. The molecule has 0 saturated heterocycles. The van der Waals surface area contributed by atoms with Crippen molar-refractivity contribution in [1.82, 2.24) is 4.98 Å². The van der Waals surface area contributed by atoms with Gasteiger partial charge in [0.15, 0.2) is 6.61 Å². The van der Waals surface area contributed by atoms with Gasteiger partial charge in [-0.05, 0) is 36.5 Å². The molecule has 0 unspecified atom stereocenters.